The molecule has 1 atom stereocenters. The van der Waals surface area contributed by atoms with Gasteiger partial charge >= 0.3 is 0 Å². The molecule has 0 amide bonds. The molecule has 3 nitrogen and oxygen atoms in total. The number of carbonyl (C=O) groups excluding carboxylic acids is 1. The fraction of sp³-hybridized carbons (Fsp3) is 0.391. The van der Waals surface area contributed by atoms with Gasteiger partial charge < -0.3 is 4.57 Å². The molecule has 0 bridgehead atoms. The Morgan fingerprint density at radius 1 is 1.21 bits per heavy atom. The number of halogens is 2. The van der Waals surface area contributed by atoms with Crippen LogP contribution in [0, 0.1) is 11.6 Å². The Labute approximate surface area is 171 Å². The normalized spacial score (nSPS) is 18.8. The van der Waals surface area contributed by atoms with E-state index in [0.717, 1.165) is 38.2 Å². The fourth-order valence-electron chi connectivity index (χ4n) is 4.45. The van der Waals surface area contributed by atoms with E-state index in [4.69, 9.17) is 0 Å². The Morgan fingerprint density at radius 2 is 1.97 bits per heavy atom. The number of hydrogen-bond donors (Lipinski definition) is 0. The van der Waals surface area contributed by atoms with Gasteiger partial charge in [-0.25, -0.2) is 8.78 Å². The van der Waals surface area contributed by atoms with Gasteiger partial charge in [-0.05, 0) is 62.6 Å². The van der Waals surface area contributed by atoms with Crippen LogP contribution >= 0.6 is 11.3 Å². The average molecular weight is 413 g/mol. The smallest absolute Gasteiger partial charge is 0.203 e. The van der Waals surface area contributed by atoms with Gasteiger partial charge in [-0.15, -0.1) is 11.3 Å². The lowest BCUT2D eigenvalue weighted by Crippen LogP contribution is -2.19. The molecule has 2 aliphatic carbocycles. The van der Waals surface area contributed by atoms with Crippen molar-refractivity contribution in [2.75, 3.05) is 0 Å². The largest absolute Gasteiger partial charge is 0.341 e. The number of ketones is 1. The van der Waals surface area contributed by atoms with Crippen LogP contribution in [-0.2, 0) is 6.42 Å². The number of carbonyl (C=O) groups is 1. The summed E-state index contributed by atoms with van der Waals surface area (Å²) in [5, 5.41) is -0.319. The summed E-state index contributed by atoms with van der Waals surface area (Å²) in [5.41, 5.74) is 0.591. The second-order valence-electron chi connectivity index (χ2n) is 8.29. The van der Waals surface area contributed by atoms with E-state index in [1.807, 2.05) is 6.07 Å². The SMILES string of the molecule is CC(=O)c1cn(C2CC2)c2c(F)c(-c3cc4c(s3)CCCC4C)cc(F)c2c1=O. The number of rotatable bonds is 3. The van der Waals surface area contributed by atoms with Crippen LogP contribution in [0.15, 0.2) is 23.1 Å². The van der Waals surface area contributed by atoms with Gasteiger partial charge in [0.05, 0.1) is 16.5 Å². The molecule has 29 heavy (non-hydrogen) atoms. The van der Waals surface area contributed by atoms with E-state index in [2.05, 4.69) is 6.92 Å². The van der Waals surface area contributed by atoms with Crippen LogP contribution in [0.1, 0.15) is 72.3 Å². The maximum absolute atomic E-state index is 15.8. The fourth-order valence-corrected chi connectivity index (χ4v) is 5.79. The molecule has 1 aromatic carbocycles. The zero-order chi connectivity index (χ0) is 20.4. The summed E-state index contributed by atoms with van der Waals surface area (Å²) in [6.45, 7) is 3.44. The predicted molar refractivity (Wildman–Crippen MR) is 111 cm³/mol. The Kier molecular flexibility index (Phi) is 4.24. The highest BCUT2D eigenvalue weighted by Crippen LogP contribution is 2.44. The number of fused-ring (bicyclic) bond motifs is 2. The molecule has 2 aliphatic rings. The Hall–Kier alpha value is -2.34. The van der Waals surface area contributed by atoms with Crippen LogP contribution in [0.25, 0.3) is 21.3 Å². The van der Waals surface area contributed by atoms with Crippen LogP contribution in [0.5, 0.6) is 0 Å². The summed E-state index contributed by atoms with van der Waals surface area (Å²) in [4.78, 5) is 26.6. The minimum atomic E-state index is -0.765. The zero-order valence-corrected chi connectivity index (χ0v) is 17.2. The van der Waals surface area contributed by atoms with Crippen molar-refractivity contribution in [1.29, 1.82) is 0 Å². The van der Waals surface area contributed by atoms with Gasteiger partial charge in [-0.2, -0.15) is 0 Å². The van der Waals surface area contributed by atoms with Crippen molar-refractivity contribution in [3.05, 3.63) is 56.2 Å². The van der Waals surface area contributed by atoms with Crippen LogP contribution < -0.4 is 5.43 Å². The summed E-state index contributed by atoms with van der Waals surface area (Å²) >= 11 is 1.52. The van der Waals surface area contributed by atoms with Gasteiger partial charge in [0.15, 0.2) is 11.6 Å². The van der Waals surface area contributed by atoms with Crippen molar-refractivity contribution < 1.29 is 13.6 Å². The molecule has 2 aromatic heterocycles. The molecular formula is C23H21F2NO2S. The lowest BCUT2D eigenvalue weighted by Gasteiger charge is -2.17. The highest BCUT2D eigenvalue weighted by atomic mass is 32.1. The van der Waals surface area contributed by atoms with Gasteiger partial charge in [0, 0.05) is 27.6 Å². The van der Waals surface area contributed by atoms with Crippen molar-refractivity contribution in [3.63, 3.8) is 0 Å². The molecule has 1 unspecified atom stereocenters. The number of nitrogens with zero attached hydrogens (tertiary/aromatic N) is 1. The second kappa shape index (κ2) is 6.59. The highest BCUT2D eigenvalue weighted by Gasteiger charge is 2.30. The first-order valence-electron chi connectivity index (χ1n) is 10.1. The molecule has 0 aliphatic heterocycles. The number of thiophene rings is 1. The number of pyridine rings is 1. The Bertz CT molecular complexity index is 1240. The van der Waals surface area contributed by atoms with Crippen molar-refractivity contribution in [1.82, 2.24) is 4.57 Å². The quantitative estimate of drug-likeness (QED) is 0.495. The van der Waals surface area contributed by atoms with E-state index < -0.39 is 22.8 Å². The van der Waals surface area contributed by atoms with E-state index in [-0.39, 0.29) is 28.1 Å². The third-order valence-corrected chi connectivity index (χ3v) is 7.43. The molecule has 0 radical (unpaired) electrons. The second-order valence-corrected chi connectivity index (χ2v) is 9.43. The molecule has 5 rings (SSSR count). The third-order valence-electron chi connectivity index (χ3n) is 6.19. The highest BCUT2D eigenvalue weighted by molar-refractivity contribution is 7.15. The van der Waals surface area contributed by atoms with E-state index in [9.17, 15) is 9.59 Å². The molecule has 6 heteroatoms. The van der Waals surface area contributed by atoms with Crippen LogP contribution in [0.4, 0.5) is 8.78 Å². The van der Waals surface area contributed by atoms with E-state index in [1.165, 1.54) is 34.9 Å². The van der Waals surface area contributed by atoms with Gasteiger partial charge in [0.1, 0.15) is 5.82 Å². The lowest BCUT2D eigenvalue weighted by molar-refractivity contribution is 0.101. The van der Waals surface area contributed by atoms with Crippen LogP contribution in [0.2, 0.25) is 0 Å². The average Bonchev–Trinajstić information content (AvgIpc) is 3.42. The number of aromatic nitrogens is 1. The molecule has 1 saturated carbocycles. The third kappa shape index (κ3) is 2.88. The summed E-state index contributed by atoms with van der Waals surface area (Å²) in [6, 6.07) is 3.11. The van der Waals surface area contributed by atoms with Gasteiger partial charge in [-0.1, -0.05) is 6.92 Å². The first kappa shape index (κ1) is 18.7. The number of aryl methyl sites for hydroxylation is 1. The lowest BCUT2D eigenvalue weighted by atomic mass is 9.89. The molecule has 0 N–H and O–H groups in total. The molecule has 1 fully saturated rings. The molecular weight excluding hydrogens is 392 g/mol. The summed E-state index contributed by atoms with van der Waals surface area (Å²) in [7, 11) is 0. The standard InChI is InChI=1S/C23H21F2NO2S/c1-11-4-3-5-18-14(11)9-19(29-18)15-8-17(24)20-22(21(15)25)26(13-6-7-13)10-16(12(2)27)23(20)28/h8-11,13H,3-7H2,1-2H3. The molecule has 2 heterocycles. The first-order valence-corrected chi connectivity index (χ1v) is 10.9. The van der Waals surface area contributed by atoms with E-state index >= 15 is 8.78 Å². The molecule has 150 valence electrons. The van der Waals surface area contributed by atoms with Gasteiger partial charge in [0.25, 0.3) is 0 Å². The molecule has 3 aromatic rings. The van der Waals surface area contributed by atoms with E-state index in [1.54, 1.807) is 4.57 Å². The summed E-state index contributed by atoms with van der Waals surface area (Å²) in [5.74, 6) is -1.36. The van der Waals surface area contributed by atoms with Crippen molar-refractivity contribution in [2.24, 2.45) is 0 Å². The van der Waals surface area contributed by atoms with Gasteiger partial charge in [0.2, 0.25) is 5.43 Å². The minimum Gasteiger partial charge on any atom is -0.341 e. The van der Waals surface area contributed by atoms with Crippen molar-refractivity contribution in [2.45, 2.75) is 57.9 Å². The van der Waals surface area contributed by atoms with Crippen LogP contribution in [-0.4, -0.2) is 10.4 Å². The van der Waals surface area contributed by atoms with Crippen molar-refractivity contribution in [3.8, 4) is 10.4 Å². The predicted octanol–water partition coefficient (Wildman–Crippen LogP) is 5.99. The molecule has 0 spiro atoms. The number of Topliss-reactive ketones (excluding diaryl/α,β-unsaturated/α-hetero) is 1. The molecule has 0 saturated heterocycles. The van der Waals surface area contributed by atoms with E-state index in [0.29, 0.717) is 10.8 Å². The summed E-state index contributed by atoms with van der Waals surface area (Å²) < 4.78 is 32.5. The topological polar surface area (TPSA) is 39.1 Å². The Morgan fingerprint density at radius 3 is 2.62 bits per heavy atom. The number of hydrogen-bond acceptors (Lipinski definition) is 3. The minimum absolute atomic E-state index is 0.00286. The van der Waals surface area contributed by atoms with Crippen LogP contribution in [0.3, 0.4) is 0 Å². The van der Waals surface area contributed by atoms with Gasteiger partial charge in [-0.3, -0.25) is 9.59 Å². The summed E-state index contributed by atoms with van der Waals surface area (Å²) in [6.07, 6.45) is 6.25. The first-order chi connectivity index (χ1) is 13.9. The number of benzene rings is 1. The monoisotopic (exact) mass is 413 g/mol. The maximum atomic E-state index is 15.8. The zero-order valence-electron chi connectivity index (χ0n) is 16.4. The maximum Gasteiger partial charge on any atom is 0.203 e. The Balaban J connectivity index is 1.81. The van der Waals surface area contributed by atoms with Crippen molar-refractivity contribution >= 4 is 28.0 Å².